The fourth-order valence-electron chi connectivity index (χ4n) is 3.70. The van der Waals surface area contributed by atoms with Gasteiger partial charge in [-0.3, -0.25) is 0 Å². The molecule has 1 aliphatic rings. The van der Waals surface area contributed by atoms with E-state index in [0.717, 1.165) is 17.2 Å². The van der Waals surface area contributed by atoms with E-state index in [9.17, 15) is 0 Å². The number of ether oxygens (including phenoxy) is 1. The van der Waals surface area contributed by atoms with Crippen molar-refractivity contribution in [2.24, 2.45) is 0 Å². The molecule has 1 N–H and O–H groups in total. The number of rotatable bonds is 3. The Morgan fingerprint density at radius 1 is 0.769 bits per heavy atom. The van der Waals surface area contributed by atoms with Gasteiger partial charge in [-0.2, -0.15) is 0 Å². The molecule has 3 aromatic carbocycles. The van der Waals surface area contributed by atoms with E-state index < -0.39 is 0 Å². The second-order valence-corrected chi connectivity index (χ2v) is 7.83. The maximum absolute atomic E-state index is 6.01. The summed E-state index contributed by atoms with van der Waals surface area (Å²) in [5, 5.41) is 3.61. The van der Waals surface area contributed by atoms with Gasteiger partial charge in [0, 0.05) is 22.9 Å². The van der Waals surface area contributed by atoms with E-state index in [1.807, 2.05) is 30.3 Å². The summed E-state index contributed by atoms with van der Waals surface area (Å²) in [7, 11) is 0. The number of hydrogen-bond acceptors (Lipinski definition) is 2. The monoisotopic (exact) mass is 343 g/mol. The minimum atomic E-state index is -0.0495. The van der Waals surface area contributed by atoms with Gasteiger partial charge in [0.05, 0.1) is 0 Å². The van der Waals surface area contributed by atoms with Crippen molar-refractivity contribution in [3.63, 3.8) is 0 Å². The zero-order valence-electron chi connectivity index (χ0n) is 15.8. The van der Waals surface area contributed by atoms with Gasteiger partial charge in [-0.15, -0.1) is 0 Å². The Labute approximate surface area is 155 Å². The molecule has 0 unspecified atom stereocenters. The number of fused-ring (bicyclic) bond motifs is 2. The molecule has 3 aromatic rings. The minimum absolute atomic E-state index is 0.0495. The third kappa shape index (κ3) is 2.86. The third-order valence-electron chi connectivity index (χ3n) is 5.30. The molecule has 0 bridgehead atoms. The van der Waals surface area contributed by atoms with Crippen molar-refractivity contribution in [1.29, 1.82) is 0 Å². The summed E-state index contributed by atoms with van der Waals surface area (Å²) in [5.74, 6) is 2.23. The van der Waals surface area contributed by atoms with Crippen LogP contribution in [0.15, 0.2) is 66.7 Å². The standard InChI is InChI=1S/C24H25NO/c1-16(2)17-10-13-22-21(14-17)24(3,4)20-12-11-19(15-23(20)25-22)26-18-8-6-5-7-9-18/h5-16,25H,1-4H3. The molecule has 0 spiro atoms. The van der Waals surface area contributed by atoms with Crippen LogP contribution in [0.25, 0.3) is 0 Å². The van der Waals surface area contributed by atoms with E-state index in [1.165, 1.54) is 22.4 Å². The van der Waals surface area contributed by atoms with Gasteiger partial charge in [-0.05, 0) is 46.9 Å². The molecule has 4 rings (SSSR count). The highest BCUT2D eigenvalue weighted by Crippen LogP contribution is 2.47. The molecule has 132 valence electrons. The van der Waals surface area contributed by atoms with Crippen molar-refractivity contribution in [2.75, 3.05) is 5.32 Å². The van der Waals surface area contributed by atoms with Gasteiger partial charge in [0.2, 0.25) is 0 Å². The molecule has 0 aliphatic carbocycles. The van der Waals surface area contributed by atoms with Gasteiger partial charge in [0.25, 0.3) is 0 Å². The first-order chi connectivity index (χ1) is 12.4. The third-order valence-corrected chi connectivity index (χ3v) is 5.30. The largest absolute Gasteiger partial charge is 0.457 e. The highest BCUT2D eigenvalue weighted by molar-refractivity contribution is 5.77. The number of para-hydroxylation sites is 1. The van der Waals surface area contributed by atoms with Crippen molar-refractivity contribution in [2.45, 2.75) is 39.0 Å². The van der Waals surface area contributed by atoms with Crippen LogP contribution in [0.2, 0.25) is 0 Å². The smallest absolute Gasteiger partial charge is 0.129 e. The van der Waals surface area contributed by atoms with Crippen LogP contribution in [-0.2, 0) is 5.41 Å². The lowest BCUT2D eigenvalue weighted by Gasteiger charge is -2.36. The summed E-state index contributed by atoms with van der Waals surface area (Å²) in [4.78, 5) is 0. The highest BCUT2D eigenvalue weighted by atomic mass is 16.5. The van der Waals surface area contributed by atoms with Crippen LogP contribution < -0.4 is 10.1 Å². The average Bonchev–Trinajstić information content (AvgIpc) is 2.62. The van der Waals surface area contributed by atoms with Crippen LogP contribution in [-0.4, -0.2) is 0 Å². The summed E-state index contributed by atoms with van der Waals surface area (Å²) in [6, 6.07) is 23.0. The Hall–Kier alpha value is -2.74. The molecule has 0 amide bonds. The summed E-state index contributed by atoms with van der Waals surface area (Å²) in [6.07, 6.45) is 0. The van der Waals surface area contributed by atoms with Gasteiger partial charge in [-0.1, -0.05) is 64.1 Å². The van der Waals surface area contributed by atoms with Gasteiger partial charge < -0.3 is 10.1 Å². The second kappa shape index (κ2) is 6.21. The van der Waals surface area contributed by atoms with Crippen molar-refractivity contribution in [3.8, 4) is 11.5 Å². The molecule has 0 radical (unpaired) electrons. The Morgan fingerprint density at radius 2 is 1.54 bits per heavy atom. The molecule has 26 heavy (non-hydrogen) atoms. The van der Waals surface area contributed by atoms with Gasteiger partial charge in [0.15, 0.2) is 0 Å². The van der Waals surface area contributed by atoms with Crippen LogP contribution in [0.4, 0.5) is 11.4 Å². The molecule has 0 fully saturated rings. The summed E-state index contributed by atoms with van der Waals surface area (Å²) in [5.41, 5.74) is 6.29. The van der Waals surface area contributed by atoms with E-state index in [1.54, 1.807) is 0 Å². The Kier molecular flexibility index (Phi) is 3.99. The fourth-order valence-corrected chi connectivity index (χ4v) is 3.70. The van der Waals surface area contributed by atoms with Crippen LogP contribution in [0.1, 0.15) is 50.3 Å². The van der Waals surface area contributed by atoms with Crippen molar-refractivity contribution >= 4 is 11.4 Å². The molecular formula is C24H25NO. The molecule has 0 saturated heterocycles. The lowest BCUT2D eigenvalue weighted by Crippen LogP contribution is -2.26. The lowest BCUT2D eigenvalue weighted by molar-refractivity contribution is 0.482. The number of anilines is 2. The molecule has 0 saturated carbocycles. The summed E-state index contributed by atoms with van der Waals surface area (Å²) >= 11 is 0. The van der Waals surface area contributed by atoms with E-state index in [4.69, 9.17) is 4.74 Å². The zero-order valence-corrected chi connectivity index (χ0v) is 15.8. The molecule has 1 aliphatic heterocycles. The first-order valence-corrected chi connectivity index (χ1v) is 9.24. The Morgan fingerprint density at radius 3 is 2.27 bits per heavy atom. The number of hydrogen-bond donors (Lipinski definition) is 1. The Balaban J connectivity index is 1.72. The van der Waals surface area contributed by atoms with E-state index in [2.05, 4.69) is 69.4 Å². The van der Waals surface area contributed by atoms with Crippen LogP contribution in [0, 0.1) is 0 Å². The van der Waals surface area contributed by atoms with E-state index in [0.29, 0.717) is 5.92 Å². The first-order valence-electron chi connectivity index (χ1n) is 9.24. The number of nitrogens with one attached hydrogen (secondary N) is 1. The second-order valence-electron chi connectivity index (χ2n) is 7.83. The quantitative estimate of drug-likeness (QED) is 0.553. The average molecular weight is 343 g/mol. The molecular weight excluding hydrogens is 318 g/mol. The minimum Gasteiger partial charge on any atom is -0.457 e. The fraction of sp³-hybridized carbons (Fsp3) is 0.250. The van der Waals surface area contributed by atoms with Gasteiger partial charge in [-0.25, -0.2) is 0 Å². The molecule has 0 aromatic heterocycles. The van der Waals surface area contributed by atoms with Crippen LogP contribution in [0.5, 0.6) is 11.5 Å². The molecule has 2 heteroatoms. The number of benzene rings is 3. The topological polar surface area (TPSA) is 21.3 Å². The van der Waals surface area contributed by atoms with Crippen molar-refractivity contribution in [1.82, 2.24) is 0 Å². The predicted molar refractivity (Wildman–Crippen MR) is 109 cm³/mol. The van der Waals surface area contributed by atoms with Crippen LogP contribution >= 0.6 is 0 Å². The highest BCUT2D eigenvalue weighted by Gasteiger charge is 2.33. The Bertz CT molecular complexity index is 942. The molecule has 0 atom stereocenters. The first kappa shape index (κ1) is 16.7. The summed E-state index contributed by atoms with van der Waals surface area (Å²) in [6.45, 7) is 9.08. The van der Waals surface area contributed by atoms with Gasteiger partial charge >= 0.3 is 0 Å². The SMILES string of the molecule is CC(C)c1ccc2c(c1)C(C)(C)c1ccc(Oc3ccccc3)cc1N2. The summed E-state index contributed by atoms with van der Waals surface area (Å²) < 4.78 is 6.01. The molecule has 1 heterocycles. The maximum Gasteiger partial charge on any atom is 0.129 e. The normalized spacial score (nSPS) is 14.3. The zero-order chi connectivity index (χ0) is 18.3. The molecule has 2 nitrogen and oxygen atoms in total. The predicted octanol–water partition coefficient (Wildman–Crippen LogP) is 6.99. The lowest BCUT2D eigenvalue weighted by atomic mass is 9.73. The van der Waals surface area contributed by atoms with Crippen molar-refractivity contribution in [3.05, 3.63) is 83.4 Å². The van der Waals surface area contributed by atoms with Gasteiger partial charge in [0.1, 0.15) is 11.5 Å². The van der Waals surface area contributed by atoms with E-state index in [-0.39, 0.29) is 5.41 Å². The van der Waals surface area contributed by atoms with Crippen LogP contribution in [0.3, 0.4) is 0 Å². The van der Waals surface area contributed by atoms with E-state index >= 15 is 0 Å². The van der Waals surface area contributed by atoms with Crippen molar-refractivity contribution < 1.29 is 4.74 Å². The maximum atomic E-state index is 6.01.